The summed E-state index contributed by atoms with van der Waals surface area (Å²) in [6.07, 6.45) is 1.31. The van der Waals surface area contributed by atoms with Gasteiger partial charge in [-0.1, -0.05) is 29.8 Å². The number of fused-ring (bicyclic) bond motifs is 1. The molecule has 0 aliphatic rings. The van der Waals surface area contributed by atoms with Crippen molar-refractivity contribution in [3.05, 3.63) is 58.0 Å². The van der Waals surface area contributed by atoms with Crippen LogP contribution in [0.3, 0.4) is 0 Å². The first-order valence-corrected chi connectivity index (χ1v) is 7.39. The van der Waals surface area contributed by atoms with Crippen LogP contribution in [0.5, 0.6) is 0 Å². The summed E-state index contributed by atoms with van der Waals surface area (Å²) in [5.74, 6) is 0. The predicted octanol–water partition coefficient (Wildman–Crippen LogP) is 1.61. The van der Waals surface area contributed by atoms with E-state index in [0.29, 0.717) is 15.9 Å². The van der Waals surface area contributed by atoms with Crippen LogP contribution in [-0.4, -0.2) is 22.6 Å². The molecule has 2 aromatic heterocycles. The molecule has 0 saturated heterocycles. The van der Waals surface area contributed by atoms with Crippen LogP contribution in [0.2, 0.25) is 5.02 Å². The molecule has 0 spiro atoms. The molecule has 0 bridgehead atoms. The highest BCUT2D eigenvalue weighted by atomic mass is 35.5. The first kappa shape index (κ1) is 12.9. The van der Waals surface area contributed by atoms with Gasteiger partial charge in [-0.2, -0.15) is 13.5 Å². The maximum Gasteiger partial charge on any atom is 0.287 e. The van der Waals surface area contributed by atoms with E-state index in [-0.39, 0.29) is 5.03 Å². The highest BCUT2D eigenvalue weighted by Gasteiger charge is 2.22. The van der Waals surface area contributed by atoms with Gasteiger partial charge < -0.3 is 0 Å². The molecule has 0 atom stereocenters. The smallest absolute Gasteiger partial charge is 0.268 e. The van der Waals surface area contributed by atoms with E-state index in [9.17, 15) is 13.2 Å². The van der Waals surface area contributed by atoms with Crippen LogP contribution in [-0.2, 0) is 10.0 Å². The number of H-pyrrole nitrogens is 1. The molecule has 1 N–H and O–H groups in total. The quantitative estimate of drug-likeness (QED) is 0.779. The van der Waals surface area contributed by atoms with Gasteiger partial charge in [0.25, 0.3) is 15.6 Å². The van der Waals surface area contributed by atoms with E-state index in [1.807, 2.05) is 0 Å². The van der Waals surface area contributed by atoms with Crippen LogP contribution in [0, 0.1) is 0 Å². The Kier molecular flexibility index (Phi) is 2.88. The normalized spacial score (nSPS) is 11.8. The maximum atomic E-state index is 12.5. The standard InChI is InChI=1S/C12H8ClN3O3S/c13-9-7-16(10-4-2-1-3-8(9)10)20(18,19)12-6-5-11(17)14-15-12/h1-7H,(H,14,17). The third-order valence-corrected chi connectivity index (χ3v) is 4.68. The molecular weight excluding hydrogens is 302 g/mol. The Labute approximate surface area is 118 Å². The molecule has 0 aliphatic carbocycles. The number of para-hydroxylation sites is 1. The van der Waals surface area contributed by atoms with E-state index in [1.54, 1.807) is 24.3 Å². The van der Waals surface area contributed by atoms with Crippen molar-refractivity contribution in [2.45, 2.75) is 5.03 Å². The van der Waals surface area contributed by atoms with Crippen LogP contribution in [0.4, 0.5) is 0 Å². The molecule has 0 aliphatic heterocycles. The van der Waals surface area contributed by atoms with Crippen LogP contribution in [0.15, 0.2) is 52.4 Å². The van der Waals surface area contributed by atoms with E-state index in [4.69, 9.17) is 11.6 Å². The third kappa shape index (κ3) is 1.91. The Balaban J connectivity index is 2.29. The molecule has 0 saturated carbocycles. The van der Waals surface area contributed by atoms with Gasteiger partial charge in [-0.3, -0.25) is 4.79 Å². The number of nitrogens with one attached hydrogen (secondary N) is 1. The average molecular weight is 310 g/mol. The van der Waals surface area contributed by atoms with Crippen LogP contribution in [0.25, 0.3) is 10.9 Å². The molecule has 0 radical (unpaired) electrons. The van der Waals surface area contributed by atoms with Crippen molar-refractivity contribution in [3.8, 4) is 0 Å². The second kappa shape index (κ2) is 4.46. The number of halogens is 1. The second-order valence-corrected chi connectivity index (χ2v) is 6.22. The molecule has 2 heterocycles. The Hall–Kier alpha value is -2.12. The minimum absolute atomic E-state index is 0.255. The summed E-state index contributed by atoms with van der Waals surface area (Å²) in [5.41, 5.74) is -0.0233. The molecule has 3 aromatic rings. The Morgan fingerprint density at radius 3 is 2.60 bits per heavy atom. The lowest BCUT2D eigenvalue weighted by atomic mass is 10.3. The Bertz CT molecular complexity index is 939. The lowest BCUT2D eigenvalue weighted by Crippen LogP contribution is -2.17. The van der Waals surface area contributed by atoms with E-state index < -0.39 is 15.6 Å². The topological polar surface area (TPSA) is 84.8 Å². The minimum Gasteiger partial charge on any atom is -0.268 e. The van der Waals surface area contributed by atoms with E-state index in [0.717, 1.165) is 16.1 Å². The minimum atomic E-state index is -3.91. The zero-order chi connectivity index (χ0) is 14.3. The van der Waals surface area contributed by atoms with Crippen molar-refractivity contribution < 1.29 is 8.42 Å². The molecule has 0 amide bonds. The van der Waals surface area contributed by atoms with Crippen molar-refractivity contribution in [2.75, 3.05) is 0 Å². The maximum absolute atomic E-state index is 12.5. The molecule has 20 heavy (non-hydrogen) atoms. The Morgan fingerprint density at radius 2 is 1.90 bits per heavy atom. The van der Waals surface area contributed by atoms with Gasteiger partial charge in [0.05, 0.1) is 10.5 Å². The van der Waals surface area contributed by atoms with E-state index in [2.05, 4.69) is 10.2 Å². The summed E-state index contributed by atoms with van der Waals surface area (Å²) in [7, 11) is -3.91. The molecular formula is C12H8ClN3O3S. The SMILES string of the molecule is O=c1ccc(S(=O)(=O)n2cc(Cl)c3ccccc32)n[nH]1. The van der Waals surface area contributed by atoms with Crippen LogP contribution >= 0.6 is 11.6 Å². The lowest BCUT2D eigenvalue weighted by molar-refractivity contribution is 0.582. The van der Waals surface area contributed by atoms with E-state index >= 15 is 0 Å². The van der Waals surface area contributed by atoms with Gasteiger partial charge in [0, 0.05) is 17.6 Å². The number of hydrogen-bond acceptors (Lipinski definition) is 4. The summed E-state index contributed by atoms with van der Waals surface area (Å²) in [6, 6.07) is 9.10. The summed E-state index contributed by atoms with van der Waals surface area (Å²) in [6.45, 7) is 0. The summed E-state index contributed by atoms with van der Waals surface area (Å²) < 4.78 is 26.0. The molecule has 1 aromatic carbocycles. The van der Waals surface area contributed by atoms with Gasteiger partial charge in [-0.25, -0.2) is 9.07 Å². The largest absolute Gasteiger partial charge is 0.287 e. The van der Waals surface area contributed by atoms with Crippen molar-refractivity contribution in [1.29, 1.82) is 0 Å². The first-order valence-electron chi connectivity index (χ1n) is 5.57. The van der Waals surface area contributed by atoms with Crippen LogP contribution < -0.4 is 5.56 Å². The molecule has 8 heteroatoms. The van der Waals surface area contributed by atoms with Crippen molar-refractivity contribution in [1.82, 2.24) is 14.2 Å². The average Bonchev–Trinajstić information content (AvgIpc) is 2.78. The monoisotopic (exact) mass is 309 g/mol. The fourth-order valence-corrected chi connectivity index (χ4v) is 3.46. The number of aromatic amines is 1. The molecule has 102 valence electrons. The van der Waals surface area contributed by atoms with Crippen LogP contribution in [0.1, 0.15) is 0 Å². The number of hydrogen-bond donors (Lipinski definition) is 1. The van der Waals surface area contributed by atoms with Gasteiger partial charge in [-0.05, 0) is 12.1 Å². The highest BCUT2D eigenvalue weighted by Crippen LogP contribution is 2.28. The van der Waals surface area contributed by atoms with Gasteiger partial charge in [0.2, 0.25) is 0 Å². The zero-order valence-electron chi connectivity index (χ0n) is 9.95. The molecule has 3 rings (SSSR count). The third-order valence-electron chi connectivity index (χ3n) is 2.81. The summed E-state index contributed by atoms with van der Waals surface area (Å²) in [5, 5.41) is 6.35. The van der Waals surface area contributed by atoms with Crippen molar-refractivity contribution in [3.63, 3.8) is 0 Å². The van der Waals surface area contributed by atoms with E-state index in [1.165, 1.54) is 6.20 Å². The summed E-state index contributed by atoms with van der Waals surface area (Å²) in [4.78, 5) is 11.0. The van der Waals surface area contributed by atoms with Crippen molar-refractivity contribution >= 4 is 32.5 Å². The van der Waals surface area contributed by atoms with Gasteiger partial charge in [0.15, 0.2) is 5.03 Å². The second-order valence-electron chi connectivity index (χ2n) is 4.05. The lowest BCUT2D eigenvalue weighted by Gasteiger charge is -2.05. The number of rotatable bonds is 2. The number of benzene rings is 1. The molecule has 0 unspecified atom stereocenters. The van der Waals surface area contributed by atoms with Crippen molar-refractivity contribution in [2.24, 2.45) is 0 Å². The molecule has 0 fully saturated rings. The fourth-order valence-electron chi connectivity index (χ4n) is 1.88. The Morgan fingerprint density at radius 1 is 1.15 bits per heavy atom. The zero-order valence-corrected chi connectivity index (χ0v) is 11.5. The molecule has 6 nitrogen and oxygen atoms in total. The van der Waals surface area contributed by atoms with Gasteiger partial charge in [0.1, 0.15) is 0 Å². The first-order chi connectivity index (χ1) is 9.50. The number of nitrogens with zero attached hydrogens (tertiary/aromatic N) is 2. The predicted molar refractivity (Wildman–Crippen MR) is 74.4 cm³/mol. The fraction of sp³-hybridized carbons (Fsp3) is 0. The van der Waals surface area contributed by atoms with Gasteiger partial charge in [-0.15, -0.1) is 0 Å². The summed E-state index contributed by atoms with van der Waals surface area (Å²) >= 11 is 6.03. The highest BCUT2D eigenvalue weighted by molar-refractivity contribution is 7.90. The number of aromatic nitrogens is 3. The van der Waals surface area contributed by atoms with Gasteiger partial charge >= 0.3 is 0 Å².